The minimum Gasteiger partial charge on any atom is -0.491 e. The number of ether oxygens (including phenoxy) is 1. The smallest absolute Gasteiger partial charge is 0.251 e. The van der Waals surface area contributed by atoms with Gasteiger partial charge in [0.05, 0.1) is 6.04 Å². The molecule has 1 aromatic carbocycles. The van der Waals surface area contributed by atoms with Crippen molar-refractivity contribution in [2.24, 2.45) is 5.92 Å². The zero-order chi connectivity index (χ0) is 19.2. The molecule has 1 saturated heterocycles. The second-order valence-corrected chi connectivity index (χ2v) is 8.13. The molecule has 5 nitrogen and oxygen atoms in total. The third-order valence-corrected chi connectivity index (χ3v) is 5.59. The lowest BCUT2D eigenvalue weighted by molar-refractivity contribution is -0.137. The van der Waals surface area contributed by atoms with Crippen LogP contribution in [0, 0.1) is 5.92 Å². The molecule has 0 radical (unpaired) electrons. The highest BCUT2D eigenvalue weighted by atomic mass is 16.5. The van der Waals surface area contributed by atoms with Crippen LogP contribution in [0.15, 0.2) is 24.3 Å². The Labute approximate surface area is 162 Å². The van der Waals surface area contributed by atoms with Crippen LogP contribution in [0.4, 0.5) is 0 Å². The van der Waals surface area contributed by atoms with Crippen LogP contribution in [0.2, 0.25) is 0 Å². The summed E-state index contributed by atoms with van der Waals surface area (Å²) < 4.78 is 5.95. The van der Waals surface area contributed by atoms with Gasteiger partial charge in [0.2, 0.25) is 5.91 Å². The quantitative estimate of drug-likeness (QED) is 0.827. The summed E-state index contributed by atoms with van der Waals surface area (Å²) in [4.78, 5) is 26.9. The van der Waals surface area contributed by atoms with E-state index in [0.29, 0.717) is 18.1 Å². The molecule has 1 N–H and O–H groups in total. The number of carbonyl (C=O) groups excluding carboxylic acids is 2. The zero-order valence-corrected chi connectivity index (χ0v) is 16.6. The Morgan fingerprint density at radius 3 is 2.44 bits per heavy atom. The summed E-state index contributed by atoms with van der Waals surface area (Å²) in [5.41, 5.74) is 0.631. The normalized spacial score (nSPS) is 20.7. The topological polar surface area (TPSA) is 58.6 Å². The molecule has 3 rings (SSSR count). The average Bonchev–Trinajstić information content (AvgIpc) is 3.15. The maximum absolute atomic E-state index is 12.9. The first kappa shape index (κ1) is 19.7. The van der Waals surface area contributed by atoms with Crippen molar-refractivity contribution in [2.75, 3.05) is 13.2 Å². The molecule has 0 unspecified atom stereocenters. The summed E-state index contributed by atoms with van der Waals surface area (Å²) in [5, 5.41) is 2.88. The number of hydrogen-bond acceptors (Lipinski definition) is 3. The standard InChI is InChI=1S/C22H32N2O3/c1-16(2)23-21(25)17-10-12-20(13-11-17)27-15-19-9-6-14-24(19)22(26)18-7-4-3-5-8-18/h10-13,16,18-19H,3-9,14-15H2,1-2H3,(H,23,25)/t19-/m0/s1. The Morgan fingerprint density at radius 2 is 1.78 bits per heavy atom. The Bertz CT molecular complexity index is 635. The van der Waals surface area contributed by atoms with E-state index in [1.807, 2.05) is 26.0 Å². The Kier molecular flexibility index (Phi) is 6.75. The molecule has 1 saturated carbocycles. The first-order valence-electron chi connectivity index (χ1n) is 10.4. The SMILES string of the molecule is CC(C)NC(=O)c1ccc(OC[C@@H]2CCCN2C(=O)C2CCCCC2)cc1. The van der Waals surface area contributed by atoms with Crippen molar-refractivity contribution in [3.05, 3.63) is 29.8 Å². The summed E-state index contributed by atoms with van der Waals surface area (Å²) in [7, 11) is 0. The third kappa shape index (κ3) is 5.24. The van der Waals surface area contributed by atoms with Crippen molar-refractivity contribution in [2.45, 2.75) is 70.9 Å². The molecule has 5 heteroatoms. The van der Waals surface area contributed by atoms with Crippen LogP contribution < -0.4 is 10.1 Å². The van der Waals surface area contributed by atoms with E-state index >= 15 is 0 Å². The molecule has 1 aromatic rings. The first-order chi connectivity index (χ1) is 13.0. The number of likely N-dealkylation sites (tertiary alicyclic amines) is 1. The van der Waals surface area contributed by atoms with Crippen LogP contribution >= 0.6 is 0 Å². The van der Waals surface area contributed by atoms with E-state index in [2.05, 4.69) is 10.2 Å². The molecular formula is C22H32N2O3. The molecule has 1 atom stereocenters. The van der Waals surface area contributed by atoms with Gasteiger partial charge in [0.15, 0.2) is 0 Å². The molecule has 148 valence electrons. The third-order valence-electron chi connectivity index (χ3n) is 5.59. The Balaban J connectivity index is 1.52. The summed E-state index contributed by atoms with van der Waals surface area (Å²) >= 11 is 0. The van der Waals surface area contributed by atoms with Crippen LogP contribution in [0.3, 0.4) is 0 Å². The number of benzene rings is 1. The molecule has 0 aromatic heterocycles. The number of rotatable bonds is 6. The largest absolute Gasteiger partial charge is 0.491 e. The molecule has 27 heavy (non-hydrogen) atoms. The molecule has 0 spiro atoms. The monoisotopic (exact) mass is 372 g/mol. The van der Waals surface area contributed by atoms with Gasteiger partial charge in [0.25, 0.3) is 5.91 Å². The van der Waals surface area contributed by atoms with Gasteiger partial charge in [-0.25, -0.2) is 0 Å². The molecule has 2 amide bonds. The highest BCUT2D eigenvalue weighted by Crippen LogP contribution is 2.29. The molecule has 1 heterocycles. The van der Waals surface area contributed by atoms with Crippen molar-refractivity contribution in [3.8, 4) is 5.75 Å². The van der Waals surface area contributed by atoms with E-state index in [1.165, 1.54) is 19.3 Å². The highest BCUT2D eigenvalue weighted by Gasteiger charge is 2.33. The summed E-state index contributed by atoms with van der Waals surface area (Å²) in [5.74, 6) is 1.23. The van der Waals surface area contributed by atoms with Gasteiger partial charge in [-0.1, -0.05) is 19.3 Å². The molecule has 2 aliphatic rings. The van der Waals surface area contributed by atoms with Gasteiger partial charge in [-0.05, 0) is 63.8 Å². The number of carbonyl (C=O) groups is 2. The summed E-state index contributed by atoms with van der Waals surface area (Å²) in [6.07, 6.45) is 7.78. The number of amides is 2. The van der Waals surface area contributed by atoms with Gasteiger partial charge in [-0.3, -0.25) is 9.59 Å². The van der Waals surface area contributed by atoms with E-state index in [-0.39, 0.29) is 23.9 Å². The molecule has 2 fully saturated rings. The van der Waals surface area contributed by atoms with Crippen LogP contribution in [0.25, 0.3) is 0 Å². The number of hydrogen-bond donors (Lipinski definition) is 1. The summed E-state index contributed by atoms with van der Waals surface area (Å²) in [6.45, 7) is 5.27. The molecular weight excluding hydrogens is 340 g/mol. The molecule has 1 aliphatic heterocycles. The van der Waals surface area contributed by atoms with E-state index in [1.54, 1.807) is 12.1 Å². The van der Waals surface area contributed by atoms with Crippen LogP contribution in [-0.4, -0.2) is 41.9 Å². The fourth-order valence-corrected chi connectivity index (χ4v) is 4.12. The minimum absolute atomic E-state index is 0.0726. The second-order valence-electron chi connectivity index (χ2n) is 8.13. The maximum atomic E-state index is 12.9. The van der Waals surface area contributed by atoms with Crippen molar-refractivity contribution in [1.82, 2.24) is 10.2 Å². The lowest BCUT2D eigenvalue weighted by Gasteiger charge is -2.30. The van der Waals surface area contributed by atoms with Gasteiger partial charge < -0.3 is 15.0 Å². The Morgan fingerprint density at radius 1 is 1.07 bits per heavy atom. The fourth-order valence-electron chi connectivity index (χ4n) is 4.12. The first-order valence-corrected chi connectivity index (χ1v) is 10.4. The highest BCUT2D eigenvalue weighted by molar-refractivity contribution is 5.94. The lowest BCUT2D eigenvalue weighted by Crippen LogP contribution is -2.42. The van der Waals surface area contributed by atoms with Gasteiger partial charge in [-0.2, -0.15) is 0 Å². The van der Waals surface area contributed by atoms with Crippen LogP contribution in [0.1, 0.15) is 69.2 Å². The number of nitrogens with one attached hydrogen (secondary N) is 1. The predicted molar refractivity (Wildman–Crippen MR) is 106 cm³/mol. The molecule has 1 aliphatic carbocycles. The average molecular weight is 373 g/mol. The maximum Gasteiger partial charge on any atom is 0.251 e. The van der Waals surface area contributed by atoms with E-state index < -0.39 is 0 Å². The van der Waals surface area contributed by atoms with E-state index in [0.717, 1.165) is 38.0 Å². The van der Waals surface area contributed by atoms with Crippen molar-refractivity contribution in [1.29, 1.82) is 0 Å². The number of nitrogens with zero attached hydrogens (tertiary/aromatic N) is 1. The van der Waals surface area contributed by atoms with Gasteiger partial charge >= 0.3 is 0 Å². The lowest BCUT2D eigenvalue weighted by atomic mass is 9.88. The van der Waals surface area contributed by atoms with Crippen LogP contribution in [-0.2, 0) is 4.79 Å². The van der Waals surface area contributed by atoms with Crippen molar-refractivity contribution < 1.29 is 14.3 Å². The predicted octanol–water partition coefficient (Wildman–Crippen LogP) is 3.77. The van der Waals surface area contributed by atoms with Gasteiger partial charge in [0, 0.05) is 24.1 Å². The van der Waals surface area contributed by atoms with Crippen molar-refractivity contribution in [3.63, 3.8) is 0 Å². The van der Waals surface area contributed by atoms with Gasteiger partial charge in [0.1, 0.15) is 12.4 Å². The molecule has 0 bridgehead atoms. The minimum atomic E-state index is -0.0726. The summed E-state index contributed by atoms with van der Waals surface area (Å²) in [6, 6.07) is 7.51. The van der Waals surface area contributed by atoms with E-state index in [4.69, 9.17) is 4.74 Å². The van der Waals surface area contributed by atoms with E-state index in [9.17, 15) is 9.59 Å². The van der Waals surface area contributed by atoms with Crippen LogP contribution in [0.5, 0.6) is 5.75 Å². The van der Waals surface area contributed by atoms with Gasteiger partial charge in [-0.15, -0.1) is 0 Å². The Hall–Kier alpha value is -2.04. The fraction of sp³-hybridized carbons (Fsp3) is 0.636. The van der Waals surface area contributed by atoms with Crippen molar-refractivity contribution >= 4 is 11.8 Å². The second kappa shape index (κ2) is 9.25. The zero-order valence-electron chi connectivity index (χ0n) is 16.6.